The maximum atomic E-state index is 13.5. The summed E-state index contributed by atoms with van der Waals surface area (Å²) in [7, 11) is 0. The van der Waals surface area contributed by atoms with Gasteiger partial charge in [0.25, 0.3) is 5.88 Å². The van der Waals surface area contributed by atoms with E-state index in [-0.39, 0.29) is 22.5 Å². The number of hydrogen-bond acceptors (Lipinski definition) is 5. The van der Waals surface area contributed by atoms with Gasteiger partial charge in [-0.2, -0.15) is 19.9 Å². The summed E-state index contributed by atoms with van der Waals surface area (Å²) in [6.45, 7) is 0. The Hall–Kier alpha value is -2.96. The molecule has 21 heavy (non-hydrogen) atoms. The molecule has 7 heteroatoms. The second-order valence-corrected chi connectivity index (χ2v) is 4.09. The topological polar surface area (TPSA) is 82.6 Å². The highest BCUT2D eigenvalue weighted by molar-refractivity contribution is 6.28. The zero-order valence-electron chi connectivity index (χ0n) is 10.4. The molecule has 1 aromatic heterocycles. The summed E-state index contributed by atoms with van der Waals surface area (Å²) in [5.41, 5.74) is 0.509. The Morgan fingerprint density at radius 3 is 2.81 bits per heavy atom. The molecule has 0 unspecified atom stereocenters. The van der Waals surface area contributed by atoms with Gasteiger partial charge in [-0.05, 0) is 35.4 Å². The first-order valence-electron chi connectivity index (χ1n) is 5.60. The SMILES string of the molecule is N#CC(C#N)=Cc1cccc(Oc2nc(Cl)ncc2F)c1. The lowest BCUT2D eigenvalue weighted by Crippen LogP contribution is -1.94. The Labute approximate surface area is 124 Å². The van der Waals surface area contributed by atoms with Crippen LogP contribution in [0.3, 0.4) is 0 Å². The molecular formula is C14H6ClFN4O. The van der Waals surface area contributed by atoms with Crippen molar-refractivity contribution in [2.45, 2.75) is 0 Å². The molecule has 0 aliphatic heterocycles. The third kappa shape index (κ3) is 3.75. The molecular weight excluding hydrogens is 295 g/mol. The van der Waals surface area contributed by atoms with Crippen LogP contribution in [-0.4, -0.2) is 9.97 Å². The molecule has 0 N–H and O–H groups in total. The second-order valence-electron chi connectivity index (χ2n) is 3.75. The van der Waals surface area contributed by atoms with E-state index in [4.69, 9.17) is 26.9 Å². The highest BCUT2D eigenvalue weighted by Crippen LogP contribution is 2.24. The summed E-state index contributed by atoms with van der Waals surface area (Å²) < 4.78 is 18.7. The van der Waals surface area contributed by atoms with Gasteiger partial charge in [0, 0.05) is 0 Å². The molecule has 0 atom stereocenters. The maximum absolute atomic E-state index is 13.5. The van der Waals surface area contributed by atoms with Gasteiger partial charge in [-0.25, -0.2) is 4.98 Å². The predicted octanol–water partition coefficient (Wildman–Crippen LogP) is 3.49. The summed E-state index contributed by atoms with van der Waals surface area (Å²) in [6, 6.07) is 9.91. The molecule has 0 saturated heterocycles. The predicted molar refractivity (Wildman–Crippen MR) is 72.7 cm³/mol. The zero-order valence-corrected chi connectivity index (χ0v) is 11.2. The van der Waals surface area contributed by atoms with Gasteiger partial charge in [-0.3, -0.25) is 0 Å². The average molecular weight is 301 g/mol. The molecule has 0 fully saturated rings. The second kappa shape index (κ2) is 6.47. The fourth-order valence-corrected chi connectivity index (χ4v) is 1.56. The van der Waals surface area contributed by atoms with Crippen LogP contribution in [0.15, 0.2) is 36.0 Å². The van der Waals surface area contributed by atoms with Crippen LogP contribution in [0.5, 0.6) is 11.6 Å². The lowest BCUT2D eigenvalue weighted by atomic mass is 10.1. The summed E-state index contributed by atoms with van der Waals surface area (Å²) in [6.07, 6.45) is 2.29. The largest absolute Gasteiger partial charge is 0.436 e. The number of ether oxygens (including phenoxy) is 1. The number of allylic oxidation sites excluding steroid dienone is 1. The monoisotopic (exact) mass is 300 g/mol. The number of nitrogens with zero attached hydrogens (tertiary/aromatic N) is 4. The Kier molecular flexibility index (Phi) is 4.45. The van der Waals surface area contributed by atoms with E-state index in [1.54, 1.807) is 30.3 Å². The van der Waals surface area contributed by atoms with E-state index in [0.717, 1.165) is 6.20 Å². The van der Waals surface area contributed by atoms with Crippen LogP contribution in [0.2, 0.25) is 5.28 Å². The molecule has 1 heterocycles. The van der Waals surface area contributed by atoms with Gasteiger partial charge in [-0.1, -0.05) is 12.1 Å². The number of halogens is 2. The summed E-state index contributed by atoms with van der Waals surface area (Å²) in [5.74, 6) is -0.778. The van der Waals surface area contributed by atoms with Crippen molar-refractivity contribution in [3.63, 3.8) is 0 Å². The van der Waals surface area contributed by atoms with Crippen molar-refractivity contribution < 1.29 is 9.13 Å². The van der Waals surface area contributed by atoms with Crippen molar-refractivity contribution in [2.24, 2.45) is 0 Å². The molecule has 2 rings (SSSR count). The highest BCUT2D eigenvalue weighted by Gasteiger charge is 2.08. The van der Waals surface area contributed by atoms with E-state index >= 15 is 0 Å². The first kappa shape index (κ1) is 14.4. The quantitative estimate of drug-likeness (QED) is 0.640. The van der Waals surface area contributed by atoms with Crippen LogP contribution in [0.1, 0.15) is 5.56 Å². The van der Waals surface area contributed by atoms with Crippen LogP contribution >= 0.6 is 11.6 Å². The Bertz CT molecular complexity index is 776. The van der Waals surface area contributed by atoms with Gasteiger partial charge in [0.1, 0.15) is 23.5 Å². The molecule has 1 aromatic carbocycles. The van der Waals surface area contributed by atoms with Gasteiger partial charge >= 0.3 is 0 Å². The molecule has 0 spiro atoms. The van der Waals surface area contributed by atoms with Crippen molar-refractivity contribution >= 4 is 17.7 Å². The van der Waals surface area contributed by atoms with E-state index in [9.17, 15) is 4.39 Å². The number of nitriles is 2. The standard InChI is InChI=1S/C14H6ClFN4O/c15-14-19-8-12(16)13(20-14)21-11-3-1-2-9(5-11)4-10(6-17)7-18/h1-5,8H. The summed E-state index contributed by atoms with van der Waals surface area (Å²) in [4.78, 5) is 7.11. The van der Waals surface area contributed by atoms with Gasteiger partial charge in [0.2, 0.25) is 11.1 Å². The zero-order chi connectivity index (χ0) is 15.2. The molecule has 0 aliphatic rings. The van der Waals surface area contributed by atoms with E-state index in [1.165, 1.54) is 12.1 Å². The highest BCUT2D eigenvalue weighted by atomic mass is 35.5. The summed E-state index contributed by atoms with van der Waals surface area (Å²) >= 11 is 5.57. The third-order valence-electron chi connectivity index (χ3n) is 2.31. The Balaban J connectivity index is 2.31. The molecule has 0 radical (unpaired) electrons. The van der Waals surface area contributed by atoms with Crippen LogP contribution in [-0.2, 0) is 0 Å². The van der Waals surface area contributed by atoms with Crippen LogP contribution in [0.4, 0.5) is 4.39 Å². The Morgan fingerprint density at radius 1 is 1.33 bits per heavy atom. The molecule has 0 amide bonds. The molecule has 2 aromatic rings. The fraction of sp³-hybridized carbons (Fsp3) is 0. The van der Waals surface area contributed by atoms with Crippen molar-refractivity contribution in [1.29, 1.82) is 10.5 Å². The fourth-order valence-electron chi connectivity index (χ4n) is 1.44. The maximum Gasteiger partial charge on any atom is 0.260 e. The van der Waals surface area contributed by atoms with Gasteiger partial charge in [-0.15, -0.1) is 0 Å². The average Bonchev–Trinajstić information content (AvgIpc) is 2.49. The van der Waals surface area contributed by atoms with E-state index in [1.807, 2.05) is 0 Å². The lowest BCUT2D eigenvalue weighted by molar-refractivity contribution is 0.420. The first-order chi connectivity index (χ1) is 10.1. The number of rotatable bonds is 3. The van der Waals surface area contributed by atoms with Gasteiger partial charge in [0.15, 0.2) is 0 Å². The molecule has 102 valence electrons. The van der Waals surface area contributed by atoms with E-state index in [2.05, 4.69) is 9.97 Å². The minimum Gasteiger partial charge on any atom is -0.436 e. The normalized spacial score (nSPS) is 9.33. The summed E-state index contributed by atoms with van der Waals surface area (Å²) in [5, 5.41) is 17.3. The number of aromatic nitrogens is 2. The minimum absolute atomic E-state index is 0.0524. The van der Waals surface area contributed by atoms with Gasteiger partial charge < -0.3 is 4.74 Å². The van der Waals surface area contributed by atoms with Crippen LogP contribution in [0, 0.1) is 28.5 Å². The molecule has 0 bridgehead atoms. The smallest absolute Gasteiger partial charge is 0.260 e. The third-order valence-corrected chi connectivity index (χ3v) is 2.49. The number of hydrogen-bond donors (Lipinski definition) is 0. The van der Waals surface area contributed by atoms with E-state index in [0.29, 0.717) is 5.56 Å². The molecule has 0 aliphatic carbocycles. The van der Waals surface area contributed by atoms with Crippen molar-refractivity contribution in [2.75, 3.05) is 0 Å². The Morgan fingerprint density at radius 2 is 2.10 bits per heavy atom. The minimum atomic E-state index is -0.755. The number of benzene rings is 1. The van der Waals surface area contributed by atoms with Crippen LogP contribution in [0.25, 0.3) is 6.08 Å². The van der Waals surface area contributed by atoms with E-state index < -0.39 is 5.82 Å². The van der Waals surface area contributed by atoms with Crippen molar-refractivity contribution in [1.82, 2.24) is 9.97 Å². The molecule has 5 nitrogen and oxygen atoms in total. The first-order valence-corrected chi connectivity index (χ1v) is 5.98. The van der Waals surface area contributed by atoms with Crippen molar-refractivity contribution in [3.8, 4) is 23.8 Å². The van der Waals surface area contributed by atoms with Gasteiger partial charge in [0.05, 0.1) is 6.20 Å². The van der Waals surface area contributed by atoms with Crippen molar-refractivity contribution in [3.05, 3.63) is 52.7 Å². The molecule has 0 saturated carbocycles. The lowest BCUT2D eigenvalue weighted by Gasteiger charge is -2.06. The van der Waals surface area contributed by atoms with Crippen LogP contribution < -0.4 is 4.74 Å².